The zero-order valence-corrected chi connectivity index (χ0v) is 18.5. The van der Waals surface area contributed by atoms with E-state index in [1.807, 2.05) is 0 Å². The van der Waals surface area contributed by atoms with Crippen molar-refractivity contribution in [3.8, 4) is 16.9 Å². The molecule has 4 rings (SSSR count). The normalized spacial score (nSPS) is 14.0. The molecule has 0 spiro atoms. The quantitative estimate of drug-likeness (QED) is 0.503. The molecule has 1 fully saturated rings. The maximum Gasteiger partial charge on any atom is 0.405 e. The molecule has 2 aromatic heterocycles. The number of anilines is 1. The lowest BCUT2D eigenvalue weighted by molar-refractivity contribution is -0.115. The molecule has 1 amide bonds. The number of nitrogens with zero attached hydrogens (tertiary/aromatic N) is 4. The molecule has 0 radical (unpaired) electrons. The third-order valence-corrected chi connectivity index (χ3v) is 5.73. The number of benzene rings is 1. The number of hydrogen-bond donors (Lipinski definition) is 2. The van der Waals surface area contributed by atoms with Crippen LogP contribution in [0, 0.1) is 0 Å². The predicted molar refractivity (Wildman–Crippen MR) is 114 cm³/mol. The Labute approximate surface area is 188 Å². The molecule has 12 heteroatoms. The molecule has 164 valence electrons. The number of aromatic nitrogens is 4. The molecule has 0 bridgehead atoms. The van der Waals surface area contributed by atoms with E-state index in [9.17, 15) is 18.0 Å². The minimum Gasteiger partial charge on any atom is -0.359 e. The van der Waals surface area contributed by atoms with Gasteiger partial charge >= 0.3 is 6.18 Å². The molecule has 0 saturated heterocycles. The van der Waals surface area contributed by atoms with E-state index >= 15 is 0 Å². The Kier molecular flexibility index (Phi) is 5.73. The van der Waals surface area contributed by atoms with E-state index in [1.54, 1.807) is 37.6 Å². The summed E-state index contributed by atoms with van der Waals surface area (Å²) in [6, 6.07) is 5.31. The molecule has 0 unspecified atom stereocenters. The number of carbonyl (C=O) groups is 1. The maximum absolute atomic E-state index is 12.5. The van der Waals surface area contributed by atoms with Crippen molar-refractivity contribution < 1.29 is 18.0 Å². The number of alkyl halides is 3. The van der Waals surface area contributed by atoms with Crippen molar-refractivity contribution in [3.05, 3.63) is 45.7 Å². The van der Waals surface area contributed by atoms with Gasteiger partial charge in [0.05, 0.1) is 16.8 Å². The van der Waals surface area contributed by atoms with Gasteiger partial charge in [0.15, 0.2) is 11.6 Å². The van der Waals surface area contributed by atoms with Crippen LogP contribution >= 0.6 is 27.5 Å². The third kappa shape index (κ3) is 4.87. The van der Waals surface area contributed by atoms with E-state index in [1.165, 1.54) is 9.36 Å². The van der Waals surface area contributed by atoms with Gasteiger partial charge in [0.1, 0.15) is 11.0 Å². The first-order chi connectivity index (χ1) is 14.6. The Hall–Kier alpha value is -2.53. The minimum absolute atomic E-state index is 0.0531. The summed E-state index contributed by atoms with van der Waals surface area (Å²) in [5, 5.41) is 13.9. The van der Waals surface area contributed by atoms with E-state index < -0.39 is 12.7 Å². The molecule has 31 heavy (non-hydrogen) atoms. The van der Waals surface area contributed by atoms with E-state index in [-0.39, 0.29) is 17.8 Å². The van der Waals surface area contributed by atoms with E-state index in [2.05, 4.69) is 36.8 Å². The van der Waals surface area contributed by atoms with Crippen LogP contribution in [0.4, 0.5) is 19.0 Å². The number of amides is 1. The van der Waals surface area contributed by atoms with Crippen molar-refractivity contribution in [3.63, 3.8) is 0 Å². The van der Waals surface area contributed by atoms with Gasteiger partial charge in [0.25, 0.3) is 5.91 Å². The van der Waals surface area contributed by atoms with Crippen LogP contribution in [0.25, 0.3) is 16.9 Å². The standard InChI is InChI=1S/C19H17BrClF3N6O/c1-29-18(15(20)16(28-29)25-9-19(22,23)24)30-8-11(7-26-30)10-2-5-14(21)13(6-10)17(31)27-12-3-4-12/h2,5-8,12H,3-4,9H2,1H3,(H,25,28)(H,27,31). The zero-order valence-electron chi connectivity index (χ0n) is 16.2. The predicted octanol–water partition coefficient (Wildman–Crippen LogP) is 4.56. The summed E-state index contributed by atoms with van der Waals surface area (Å²) < 4.78 is 40.8. The molecule has 0 aliphatic heterocycles. The summed E-state index contributed by atoms with van der Waals surface area (Å²) in [4.78, 5) is 12.4. The van der Waals surface area contributed by atoms with E-state index in [0.29, 0.717) is 26.4 Å². The first kappa shape index (κ1) is 21.7. The van der Waals surface area contributed by atoms with Crippen LogP contribution in [0.15, 0.2) is 35.1 Å². The van der Waals surface area contributed by atoms with E-state index in [4.69, 9.17) is 11.6 Å². The van der Waals surface area contributed by atoms with Gasteiger partial charge in [-0.05, 0) is 46.5 Å². The lowest BCUT2D eigenvalue weighted by atomic mass is 10.1. The monoisotopic (exact) mass is 516 g/mol. The molecule has 1 saturated carbocycles. The number of halogens is 5. The van der Waals surface area contributed by atoms with Crippen molar-refractivity contribution in [1.82, 2.24) is 24.9 Å². The van der Waals surface area contributed by atoms with Crippen molar-refractivity contribution in [2.24, 2.45) is 7.05 Å². The topological polar surface area (TPSA) is 76.8 Å². The SMILES string of the molecule is Cn1nc(NCC(F)(F)F)c(Br)c1-n1cc(-c2ccc(Cl)c(C(=O)NC3CC3)c2)cn1. The molecule has 1 aliphatic rings. The second-order valence-electron chi connectivity index (χ2n) is 7.19. The summed E-state index contributed by atoms with van der Waals surface area (Å²) >= 11 is 9.50. The van der Waals surface area contributed by atoms with E-state index in [0.717, 1.165) is 18.4 Å². The van der Waals surface area contributed by atoms with Crippen LogP contribution in [0.2, 0.25) is 5.02 Å². The highest BCUT2D eigenvalue weighted by atomic mass is 79.9. The zero-order chi connectivity index (χ0) is 22.3. The molecule has 1 aromatic carbocycles. The first-order valence-electron chi connectivity index (χ1n) is 9.31. The third-order valence-electron chi connectivity index (χ3n) is 4.67. The Morgan fingerprint density at radius 1 is 1.32 bits per heavy atom. The second-order valence-corrected chi connectivity index (χ2v) is 8.39. The highest BCUT2D eigenvalue weighted by Gasteiger charge is 2.28. The fraction of sp³-hybridized carbons (Fsp3) is 0.316. The summed E-state index contributed by atoms with van der Waals surface area (Å²) in [6.07, 6.45) is 0.855. The Morgan fingerprint density at radius 3 is 2.74 bits per heavy atom. The van der Waals surface area contributed by atoms with Gasteiger partial charge < -0.3 is 10.6 Å². The summed E-state index contributed by atoms with van der Waals surface area (Å²) in [5.41, 5.74) is 1.81. The number of aryl methyl sites for hydroxylation is 1. The van der Waals surface area contributed by atoms with Gasteiger partial charge in [-0.15, -0.1) is 0 Å². The first-order valence-corrected chi connectivity index (χ1v) is 10.5. The van der Waals surface area contributed by atoms with Crippen LogP contribution in [0.1, 0.15) is 23.2 Å². The van der Waals surface area contributed by atoms with Gasteiger partial charge in [-0.3, -0.25) is 4.79 Å². The van der Waals surface area contributed by atoms with Gasteiger partial charge in [-0.25, -0.2) is 9.36 Å². The fourth-order valence-corrected chi connectivity index (χ4v) is 3.85. The maximum atomic E-state index is 12.5. The highest BCUT2D eigenvalue weighted by molar-refractivity contribution is 9.10. The van der Waals surface area contributed by atoms with Crippen LogP contribution < -0.4 is 10.6 Å². The van der Waals surface area contributed by atoms with Crippen molar-refractivity contribution in [2.75, 3.05) is 11.9 Å². The molecule has 1 aliphatic carbocycles. The molecule has 0 atom stereocenters. The molecular weight excluding hydrogens is 501 g/mol. The molecular formula is C19H17BrClF3N6O. The van der Waals surface area contributed by atoms with Crippen LogP contribution in [0.3, 0.4) is 0 Å². The van der Waals surface area contributed by atoms with Crippen molar-refractivity contribution >= 4 is 39.3 Å². The summed E-state index contributed by atoms with van der Waals surface area (Å²) in [5.74, 6) is 0.269. The largest absolute Gasteiger partial charge is 0.405 e. The van der Waals surface area contributed by atoms with Gasteiger partial charge in [0, 0.05) is 24.8 Å². The molecule has 7 nitrogen and oxygen atoms in total. The lowest BCUT2D eigenvalue weighted by Gasteiger charge is -2.07. The van der Waals surface area contributed by atoms with Crippen molar-refractivity contribution in [1.29, 1.82) is 0 Å². The smallest absolute Gasteiger partial charge is 0.359 e. The average Bonchev–Trinajstić information content (AvgIpc) is 3.29. The van der Waals surface area contributed by atoms with Crippen molar-refractivity contribution in [2.45, 2.75) is 25.1 Å². The molecule has 2 N–H and O–H groups in total. The Morgan fingerprint density at radius 2 is 2.06 bits per heavy atom. The van der Waals surface area contributed by atoms with Gasteiger partial charge in [-0.2, -0.15) is 23.4 Å². The number of carbonyl (C=O) groups excluding carboxylic acids is 1. The van der Waals surface area contributed by atoms with Gasteiger partial charge in [0.2, 0.25) is 0 Å². The Bertz CT molecular complexity index is 1140. The van der Waals surface area contributed by atoms with Gasteiger partial charge in [-0.1, -0.05) is 17.7 Å². The summed E-state index contributed by atoms with van der Waals surface area (Å²) in [7, 11) is 1.60. The second kappa shape index (κ2) is 8.19. The average molecular weight is 518 g/mol. The number of hydrogen-bond acceptors (Lipinski definition) is 4. The number of nitrogens with one attached hydrogen (secondary N) is 2. The lowest BCUT2D eigenvalue weighted by Crippen LogP contribution is -2.25. The molecule has 3 aromatic rings. The summed E-state index contributed by atoms with van der Waals surface area (Å²) in [6.45, 7) is -1.21. The fourth-order valence-electron chi connectivity index (χ4n) is 2.99. The minimum atomic E-state index is -4.37. The molecule has 2 heterocycles. The van der Waals surface area contributed by atoms with Crippen LogP contribution in [-0.4, -0.2) is 44.2 Å². The van der Waals surface area contributed by atoms with Crippen LogP contribution in [-0.2, 0) is 7.05 Å². The van der Waals surface area contributed by atoms with Crippen LogP contribution in [0.5, 0.6) is 0 Å². The Balaban J connectivity index is 1.60. The number of rotatable bonds is 6. The highest BCUT2D eigenvalue weighted by Crippen LogP contribution is 2.31.